The Morgan fingerprint density at radius 1 is 0.829 bits per heavy atom. The molecule has 1 aliphatic carbocycles. The van der Waals surface area contributed by atoms with E-state index in [0.717, 1.165) is 69.0 Å². The molecule has 0 spiro atoms. The topological polar surface area (TPSA) is 50.6 Å². The van der Waals surface area contributed by atoms with Crippen LogP contribution in [0.3, 0.4) is 0 Å². The average Bonchev–Trinajstić information content (AvgIpc) is 3.10. The van der Waals surface area contributed by atoms with Gasteiger partial charge in [-0.15, -0.1) is 0 Å². The Morgan fingerprint density at radius 3 is 2.31 bits per heavy atom. The van der Waals surface area contributed by atoms with Crippen molar-refractivity contribution in [3.8, 4) is 0 Å². The Morgan fingerprint density at radius 2 is 1.54 bits per heavy atom. The van der Waals surface area contributed by atoms with Crippen molar-refractivity contribution in [1.29, 1.82) is 0 Å². The zero-order valence-corrected chi connectivity index (χ0v) is 21.7. The summed E-state index contributed by atoms with van der Waals surface area (Å²) in [5, 5.41) is 0. The van der Waals surface area contributed by atoms with E-state index in [-0.39, 0.29) is 11.6 Å². The molecule has 0 amide bonds. The fourth-order valence-electron chi connectivity index (χ4n) is 6.78. The quantitative estimate of drug-likeness (QED) is 0.574. The number of ether oxygens (including phenoxy) is 1. The zero-order valence-electron chi connectivity index (χ0n) is 21.7. The standard InChI is InChI=1S/C29H44N4O2/c1-35-22-23-15-19-32(20-16-23)28-29(34)33(27-14-8-7-13-26(27)30-28)25-12-9-18-31(21-17-25)24-10-5-3-2-4-6-11-24/h7-8,13-14,23-25H,2-6,9-12,15-22H2,1H3. The van der Waals surface area contributed by atoms with E-state index in [1.165, 1.54) is 57.9 Å². The molecule has 0 bridgehead atoms. The number of piperidine rings is 1. The van der Waals surface area contributed by atoms with E-state index in [0.29, 0.717) is 11.7 Å². The molecule has 1 unspecified atom stereocenters. The second kappa shape index (κ2) is 11.9. The number of rotatable bonds is 5. The number of likely N-dealkylation sites (tertiary alicyclic amines) is 1. The van der Waals surface area contributed by atoms with Gasteiger partial charge in [-0.3, -0.25) is 4.79 Å². The summed E-state index contributed by atoms with van der Waals surface area (Å²) in [6, 6.07) is 9.25. The molecule has 2 aliphatic heterocycles. The molecule has 35 heavy (non-hydrogen) atoms. The first-order chi connectivity index (χ1) is 17.2. The molecule has 1 aromatic carbocycles. The van der Waals surface area contributed by atoms with Crippen LogP contribution in [-0.4, -0.2) is 60.4 Å². The minimum absolute atomic E-state index is 0.110. The first-order valence-electron chi connectivity index (χ1n) is 14.2. The van der Waals surface area contributed by atoms with Gasteiger partial charge < -0.3 is 19.1 Å². The minimum Gasteiger partial charge on any atom is -0.384 e. The van der Waals surface area contributed by atoms with Gasteiger partial charge in [-0.05, 0) is 69.5 Å². The Bertz CT molecular complexity index is 1010. The van der Waals surface area contributed by atoms with Crippen molar-refractivity contribution in [2.45, 2.75) is 89.1 Å². The number of anilines is 1. The lowest BCUT2D eigenvalue weighted by Gasteiger charge is -2.33. The summed E-state index contributed by atoms with van der Waals surface area (Å²) >= 11 is 0. The molecule has 6 nitrogen and oxygen atoms in total. The molecule has 2 aromatic rings. The maximum absolute atomic E-state index is 14.0. The highest BCUT2D eigenvalue weighted by Crippen LogP contribution is 2.30. The highest BCUT2D eigenvalue weighted by molar-refractivity contribution is 5.76. The molecule has 3 heterocycles. The van der Waals surface area contributed by atoms with Crippen molar-refractivity contribution in [1.82, 2.24) is 14.5 Å². The lowest BCUT2D eigenvalue weighted by molar-refractivity contribution is 0.139. The van der Waals surface area contributed by atoms with Gasteiger partial charge in [-0.2, -0.15) is 0 Å². The number of nitrogens with zero attached hydrogens (tertiary/aromatic N) is 4. The summed E-state index contributed by atoms with van der Waals surface area (Å²) < 4.78 is 7.50. The number of methoxy groups -OCH3 is 1. The van der Waals surface area contributed by atoms with Crippen LogP contribution in [0.1, 0.15) is 83.1 Å². The van der Waals surface area contributed by atoms with E-state index in [9.17, 15) is 4.79 Å². The highest BCUT2D eigenvalue weighted by Gasteiger charge is 2.28. The van der Waals surface area contributed by atoms with Gasteiger partial charge in [0.05, 0.1) is 11.0 Å². The molecule has 2 saturated heterocycles. The van der Waals surface area contributed by atoms with Crippen molar-refractivity contribution in [2.75, 3.05) is 44.8 Å². The molecule has 1 atom stereocenters. The van der Waals surface area contributed by atoms with E-state index in [4.69, 9.17) is 9.72 Å². The minimum atomic E-state index is 0.110. The van der Waals surface area contributed by atoms with Gasteiger partial charge >= 0.3 is 0 Å². The third-order valence-corrected chi connectivity index (χ3v) is 8.78. The van der Waals surface area contributed by atoms with Crippen LogP contribution < -0.4 is 10.5 Å². The summed E-state index contributed by atoms with van der Waals surface area (Å²) in [6.07, 6.45) is 15.1. The summed E-state index contributed by atoms with van der Waals surface area (Å²) in [5.74, 6) is 1.24. The van der Waals surface area contributed by atoms with Crippen molar-refractivity contribution in [3.05, 3.63) is 34.6 Å². The number of para-hydroxylation sites is 2. The third-order valence-electron chi connectivity index (χ3n) is 8.78. The predicted molar refractivity (Wildman–Crippen MR) is 143 cm³/mol. The Labute approximate surface area is 210 Å². The van der Waals surface area contributed by atoms with Crippen molar-refractivity contribution in [3.63, 3.8) is 0 Å². The molecule has 0 N–H and O–H groups in total. The van der Waals surface area contributed by atoms with Gasteiger partial charge in [0.1, 0.15) is 0 Å². The second-order valence-corrected chi connectivity index (χ2v) is 11.1. The van der Waals surface area contributed by atoms with Gasteiger partial charge in [0.2, 0.25) is 0 Å². The fourth-order valence-corrected chi connectivity index (χ4v) is 6.78. The summed E-state index contributed by atoms with van der Waals surface area (Å²) in [6.45, 7) is 4.86. The molecule has 1 aromatic heterocycles. The molecule has 192 valence electrons. The monoisotopic (exact) mass is 480 g/mol. The number of aromatic nitrogens is 2. The van der Waals surface area contributed by atoms with E-state index in [1.54, 1.807) is 7.11 Å². The van der Waals surface area contributed by atoms with E-state index in [2.05, 4.69) is 26.5 Å². The Balaban J connectivity index is 1.38. The molecule has 3 fully saturated rings. The van der Waals surface area contributed by atoms with E-state index in [1.807, 2.05) is 12.1 Å². The number of hydrogen-bond acceptors (Lipinski definition) is 5. The van der Waals surface area contributed by atoms with Crippen LogP contribution in [0.15, 0.2) is 29.1 Å². The first-order valence-corrected chi connectivity index (χ1v) is 14.2. The van der Waals surface area contributed by atoms with Crippen LogP contribution in [0.2, 0.25) is 0 Å². The second-order valence-electron chi connectivity index (χ2n) is 11.1. The molecule has 1 saturated carbocycles. The summed E-state index contributed by atoms with van der Waals surface area (Å²) in [4.78, 5) is 23.9. The van der Waals surface area contributed by atoms with Crippen LogP contribution in [0.25, 0.3) is 11.0 Å². The zero-order chi connectivity index (χ0) is 24.0. The van der Waals surface area contributed by atoms with Gasteiger partial charge in [0.15, 0.2) is 5.82 Å². The van der Waals surface area contributed by atoms with E-state index >= 15 is 0 Å². The summed E-state index contributed by atoms with van der Waals surface area (Å²) in [7, 11) is 1.78. The Hall–Kier alpha value is -1.92. The number of fused-ring (bicyclic) bond motifs is 1. The average molecular weight is 481 g/mol. The van der Waals surface area contributed by atoms with Crippen LogP contribution >= 0.6 is 0 Å². The Kier molecular flexibility index (Phi) is 8.40. The molecular weight excluding hydrogens is 436 g/mol. The molecular formula is C29H44N4O2. The van der Waals surface area contributed by atoms with Crippen LogP contribution in [-0.2, 0) is 4.74 Å². The number of benzene rings is 1. The van der Waals surface area contributed by atoms with Gasteiger partial charge in [0, 0.05) is 45.4 Å². The maximum atomic E-state index is 14.0. The molecule has 0 radical (unpaired) electrons. The molecule has 5 rings (SSSR count). The lowest BCUT2D eigenvalue weighted by Crippen LogP contribution is -2.41. The SMILES string of the molecule is COCC1CCN(c2nc3ccccc3n(C3CCCN(C4CCCCCCC4)CC3)c2=O)CC1. The van der Waals surface area contributed by atoms with Crippen LogP contribution in [0.5, 0.6) is 0 Å². The third kappa shape index (κ3) is 5.75. The maximum Gasteiger partial charge on any atom is 0.294 e. The van der Waals surface area contributed by atoms with Crippen molar-refractivity contribution >= 4 is 16.9 Å². The largest absolute Gasteiger partial charge is 0.384 e. The first kappa shape index (κ1) is 24.8. The number of hydrogen-bond donors (Lipinski definition) is 0. The van der Waals surface area contributed by atoms with Gasteiger partial charge in [-0.1, -0.05) is 44.2 Å². The molecule has 6 heteroatoms. The molecule has 3 aliphatic rings. The smallest absolute Gasteiger partial charge is 0.294 e. The highest BCUT2D eigenvalue weighted by atomic mass is 16.5. The van der Waals surface area contributed by atoms with E-state index < -0.39 is 0 Å². The fraction of sp³-hybridized carbons (Fsp3) is 0.724. The summed E-state index contributed by atoms with van der Waals surface area (Å²) in [5.41, 5.74) is 2.06. The van der Waals surface area contributed by atoms with Crippen LogP contribution in [0.4, 0.5) is 5.82 Å². The van der Waals surface area contributed by atoms with Crippen molar-refractivity contribution in [2.24, 2.45) is 5.92 Å². The normalized spacial score (nSPS) is 24.3. The van der Waals surface area contributed by atoms with Gasteiger partial charge in [-0.25, -0.2) is 4.98 Å². The van der Waals surface area contributed by atoms with Crippen LogP contribution in [0, 0.1) is 5.92 Å². The predicted octanol–water partition coefficient (Wildman–Crippen LogP) is 5.40. The lowest BCUT2D eigenvalue weighted by atomic mass is 9.95. The van der Waals surface area contributed by atoms with Crippen molar-refractivity contribution < 1.29 is 4.74 Å². The van der Waals surface area contributed by atoms with Gasteiger partial charge in [0.25, 0.3) is 5.56 Å².